The molecule has 0 spiro atoms. The van der Waals surface area contributed by atoms with Crippen LogP contribution in [0.1, 0.15) is 63.2 Å². The van der Waals surface area contributed by atoms with Crippen molar-refractivity contribution in [3.63, 3.8) is 0 Å². The Kier molecular flexibility index (Phi) is 6.12. The lowest BCUT2D eigenvalue weighted by Crippen LogP contribution is -2.44. The van der Waals surface area contributed by atoms with Crippen molar-refractivity contribution in [3.8, 4) is 0 Å². The zero-order valence-corrected chi connectivity index (χ0v) is 20.0. The Bertz CT molecular complexity index is 1280. The third-order valence-electron chi connectivity index (χ3n) is 6.94. The maximum absolute atomic E-state index is 13.5. The number of nitrogens with zero attached hydrogens (tertiary/aromatic N) is 2. The highest BCUT2D eigenvalue weighted by atomic mass is 16.2. The molecule has 1 saturated heterocycles. The first-order valence-electron chi connectivity index (χ1n) is 12.1. The van der Waals surface area contributed by atoms with Crippen LogP contribution in [0, 0.1) is 6.92 Å². The van der Waals surface area contributed by atoms with E-state index in [1.165, 1.54) is 5.56 Å². The number of amides is 3. The van der Waals surface area contributed by atoms with Crippen LogP contribution in [0.25, 0.3) is 0 Å². The van der Waals surface area contributed by atoms with Crippen molar-refractivity contribution >= 4 is 23.4 Å². The van der Waals surface area contributed by atoms with Gasteiger partial charge in [-0.15, -0.1) is 0 Å². The molecule has 178 valence electrons. The van der Waals surface area contributed by atoms with Gasteiger partial charge in [0.2, 0.25) is 5.91 Å². The number of carbonyl (C=O) groups is 3. The molecular formula is C29H29N3O3. The third-order valence-corrected chi connectivity index (χ3v) is 6.94. The summed E-state index contributed by atoms with van der Waals surface area (Å²) in [5.74, 6) is -0.319. The van der Waals surface area contributed by atoms with Gasteiger partial charge in [0.25, 0.3) is 11.8 Å². The van der Waals surface area contributed by atoms with Crippen LogP contribution in [0.5, 0.6) is 0 Å². The van der Waals surface area contributed by atoms with Gasteiger partial charge in [-0.2, -0.15) is 0 Å². The molecule has 1 N–H and O–H groups in total. The van der Waals surface area contributed by atoms with E-state index < -0.39 is 6.04 Å². The summed E-state index contributed by atoms with van der Waals surface area (Å²) in [6.45, 7) is 4.89. The molecule has 0 unspecified atom stereocenters. The van der Waals surface area contributed by atoms with E-state index >= 15 is 0 Å². The predicted octanol–water partition coefficient (Wildman–Crippen LogP) is 4.64. The fourth-order valence-electron chi connectivity index (χ4n) is 4.98. The summed E-state index contributed by atoms with van der Waals surface area (Å²) in [5, 5.41) is 3.06. The number of benzene rings is 3. The lowest BCUT2D eigenvalue weighted by atomic mass is 10.0. The Morgan fingerprint density at radius 1 is 1.03 bits per heavy atom. The number of nitrogens with one attached hydrogen (secondary N) is 1. The lowest BCUT2D eigenvalue weighted by molar-refractivity contribution is -0.122. The van der Waals surface area contributed by atoms with Gasteiger partial charge in [-0.05, 0) is 62.1 Å². The third kappa shape index (κ3) is 4.44. The van der Waals surface area contributed by atoms with E-state index in [-0.39, 0.29) is 23.8 Å². The molecule has 6 heteroatoms. The van der Waals surface area contributed by atoms with E-state index in [1.54, 1.807) is 21.9 Å². The molecule has 1 fully saturated rings. The van der Waals surface area contributed by atoms with Gasteiger partial charge in [0.1, 0.15) is 6.04 Å². The fourth-order valence-corrected chi connectivity index (χ4v) is 4.98. The summed E-state index contributed by atoms with van der Waals surface area (Å²) in [5.41, 5.74) is 4.76. The Morgan fingerprint density at radius 2 is 1.80 bits per heavy atom. The summed E-state index contributed by atoms with van der Waals surface area (Å²) in [7, 11) is 0. The number of aryl methyl sites for hydroxylation is 1. The molecule has 0 aromatic heterocycles. The number of fused-ring (bicyclic) bond motifs is 2. The molecule has 0 bridgehead atoms. The molecule has 6 nitrogen and oxygen atoms in total. The van der Waals surface area contributed by atoms with Crippen molar-refractivity contribution in [2.75, 3.05) is 11.4 Å². The molecule has 2 atom stereocenters. The van der Waals surface area contributed by atoms with Gasteiger partial charge < -0.3 is 15.1 Å². The van der Waals surface area contributed by atoms with E-state index in [9.17, 15) is 14.4 Å². The van der Waals surface area contributed by atoms with E-state index in [0.717, 1.165) is 17.5 Å². The molecule has 3 aromatic rings. The van der Waals surface area contributed by atoms with Crippen LogP contribution in [0.2, 0.25) is 0 Å². The van der Waals surface area contributed by atoms with E-state index in [0.29, 0.717) is 36.3 Å². The molecule has 5 rings (SSSR count). The van der Waals surface area contributed by atoms with Crippen LogP contribution in [0.3, 0.4) is 0 Å². The van der Waals surface area contributed by atoms with Crippen molar-refractivity contribution < 1.29 is 14.4 Å². The summed E-state index contributed by atoms with van der Waals surface area (Å²) < 4.78 is 0. The van der Waals surface area contributed by atoms with Crippen LogP contribution < -0.4 is 10.2 Å². The molecule has 2 aliphatic rings. The molecule has 35 heavy (non-hydrogen) atoms. The van der Waals surface area contributed by atoms with Crippen LogP contribution in [0.4, 0.5) is 5.69 Å². The molecule has 0 radical (unpaired) electrons. The van der Waals surface area contributed by atoms with Gasteiger partial charge in [-0.25, -0.2) is 0 Å². The van der Waals surface area contributed by atoms with Crippen molar-refractivity contribution in [1.82, 2.24) is 10.2 Å². The summed E-state index contributed by atoms with van der Waals surface area (Å²) in [6, 6.07) is 22.2. The smallest absolute Gasteiger partial charge is 0.256 e. The minimum Gasteiger partial charge on any atom is -0.346 e. The molecule has 2 aliphatic heterocycles. The normalized spacial score (nSPS) is 18.1. The zero-order chi connectivity index (χ0) is 24.5. The van der Waals surface area contributed by atoms with Gasteiger partial charge in [0, 0.05) is 12.1 Å². The standard InChI is InChI=1S/C29H29N3O3/c1-19-12-14-22(15-13-19)20(2)30-27(33)23-8-5-7-21(17-23)18-32-25-10-4-3-9-24(25)28(34)31-16-6-11-26(31)29(32)35/h3-5,7-10,12-15,17,20,26H,6,11,16,18H2,1-2H3,(H,30,33)/t20-,26+/m0/s1. The monoisotopic (exact) mass is 467 g/mol. The van der Waals surface area contributed by atoms with Crippen LogP contribution in [-0.4, -0.2) is 35.2 Å². The lowest BCUT2D eigenvalue weighted by Gasteiger charge is -2.26. The topological polar surface area (TPSA) is 69.7 Å². The largest absolute Gasteiger partial charge is 0.346 e. The van der Waals surface area contributed by atoms with Gasteiger partial charge >= 0.3 is 0 Å². The van der Waals surface area contributed by atoms with Gasteiger partial charge in [-0.3, -0.25) is 14.4 Å². The van der Waals surface area contributed by atoms with E-state index in [2.05, 4.69) is 5.32 Å². The number of rotatable bonds is 5. The fraction of sp³-hybridized carbons (Fsp3) is 0.276. The quantitative estimate of drug-likeness (QED) is 0.595. The second-order valence-corrected chi connectivity index (χ2v) is 9.40. The first-order valence-corrected chi connectivity index (χ1v) is 12.1. The van der Waals surface area contributed by atoms with Crippen LogP contribution >= 0.6 is 0 Å². The van der Waals surface area contributed by atoms with Crippen molar-refractivity contribution in [2.45, 2.75) is 45.3 Å². The molecule has 0 saturated carbocycles. The number of hydrogen-bond acceptors (Lipinski definition) is 3. The second kappa shape index (κ2) is 9.37. The minimum atomic E-state index is -0.434. The number of para-hydroxylation sites is 1. The van der Waals surface area contributed by atoms with E-state index in [4.69, 9.17) is 0 Å². The highest BCUT2D eigenvalue weighted by molar-refractivity contribution is 6.11. The highest BCUT2D eigenvalue weighted by Gasteiger charge is 2.41. The Labute approximate surface area is 205 Å². The average molecular weight is 468 g/mol. The Morgan fingerprint density at radius 3 is 2.60 bits per heavy atom. The minimum absolute atomic E-state index is 0.0661. The second-order valence-electron chi connectivity index (χ2n) is 9.40. The van der Waals surface area contributed by atoms with Gasteiger partial charge in [-0.1, -0.05) is 54.1 Å². The summed E-state index contributed by atoms with van der Waals surface area (Å²) >= 11 is 0. The predicted molar refractivity (Wildman–Crippen MR) is 135 cm³/mol. The molecule has 0 aliphatic carbocycles. The number of carbonyl (C=O) groups excluding carboxylic acids is 3. The Hall–Kier alpha value is -3.93. The Balaban J connectivity index is 1.39. The van der Waals surface area contributed by atoms with Crippen LogP contribution in [-0.2, 0) is 11.3 Å². The number of anilines is 1. The van der Waals surface area contributed by atoms with Gasteiger partial charge in [0.05, 0.1) is 23.8 Å². The molecular weight excluding hydrogens is 438 g/mol. The first-order chi connectivity index (χ1) is 16.9. The highest BCUT2D eigenvalue weighted by Crippen LogP contribution is 2.33. The summed E-state index contributed by atoms with van der Waals surface area (Å²) in [6.07, 6.45) is 1.50. The van der Waals surface area contributed by atoms with Crippen molar-refractivity contribution in [2.24, 2.45) is 0 Å². The van der Waals surface area contributed by atoms with Crippen molar-refractivity contribution in [3.05, 3.63) is 101 Å². The maximum atomic E-state index is 13.5. The molecule has 3 aromatic carbocycles. The molecule has 2 heterocycles. The SMILES string of the molecule is Cc1ccc([C@H](C)NC(=O)c2cccc(CN3C(=O)[C@H]4CCCN4C(=O)c4ccccc43)c2)cc1. The van der Waals surface area contributed by atoms with Crippen LogP contribution in [0.15, 0.2) is 72.8 Å². The summed E-state index contributed by atoms with van der Waals surface area (Å²) in [4.78, 5) is 43.1. The first kappa shape index (κ1) is 22.8. The maximum Gasteiger partial charge on any atom is 0.256 e. The number of hydrogen-bond donors (Lipinski definition) is 1. The zero-order valence-electron chi connectivity index (χ0n) is 20.0. The van der Waals surface area contributed by atoms with E-state index in [1.807, 2.05) is 74.5 Å². The van der Waals surface area contributed by atoms with Crippen molar-refractivity contribution in [1.29, 1.82) is 0 Å². The average Bonchev–Trinajstić information content (AvgIpc) is 3.34. The molecule has 3 amide bonds. The van der Waals surface area contributed by atoms with Gasteiger partial charge in [0.15, 0.2) is 0 Å².